The average molecular weight is 213 g/mol. The van der Waals surface area contributed by atoms with Crippen LogP contribution in [-0.4, -0.2) is 43.9 Å². The van der Waals surface area contributed by atoms with Crippen LogP contribution in [0.2, 0.25) is 0 Å². The van der Waals surface area contributed by atoms with Crippen LogP contribution in [0.3, 0.4) is 0 Å². The van der Waals surface area contributed by atoms with Crippen molar-refractivity contribution in [2.45, 2.75) is 32.4 Å². The Morgan fingerprint density at radius 3 is 3.07 bits per heavy atom. The molecule has 1 atom stereocenters. The Morgan fingerprint density at radius 1 is 1.67 bits per heavy atom. The number of carbonyl (C=O) groups is 1. The van der Waals surface area contributed by atoms with Gasteiger partial charge in [0.1, 0.15) is 12.9 Å². The molecule has 0 saturated carbocycles. The van der Waals surface area contributed by atoms with E-state index >= 15 is 0 Å². The van der Waals surface area contributed by atoms with Crippen molar-refractivity contribution in [3.8, 4) is 0 Å². The Labute approximate surface area is 87.5 Å². The Hall–Kier alpha value is -1.50. The van der Waals surface area contributed by atoms with Gasteiger partial charge in [-0.3, -0.25) is 4.79 Å². The maximum atomic E-state index is 11.3. The molecular formula is C8H15N5O2. The summed E-state index contributed by atoms with van der Waals surface area (Å²) in [6.45, 7) is 2.41. The van der Waals surface area contributed by atoms with Gasteiger partial charge in [-0.1, -0.05) is 0 Å². The number of nitrogens with one attached hydrogen (secondary N) is 1. The molecule has 7 nitrogen and oxygen atoms in total. The van der Waals surface area contributed by atoms with Crippen molar-refractivity contribution in [1.82, 2.24) is 25.5 Å². The van der Waals surface area contributed by atoms with Crippen molar-refractivity contribution in [2.75, 3.05) is 6.54 Å². The number of rotatable bonds is 6. The van der Waals surface area contributed by atoms with Crippen LogP contribution < -0.4 is 5.32 Å². The molecule has 1 unspecified atom stereocenters. The molecule has 0 aliphatic carbocycles. The van der Waals surface area contributed by atoms with Crippen molar-refractivity contribution in [1.29, 1.82) is 0 Å². The van der Waals surface area contributed by atoms with Gasteiger partial charge in [-0.25, -0.2) is 4.68 Å². The van der Waals surface area contributed by atoms with Crippen LogP contribution in [-0.2, 0) is 11.3 Å². The number of carbonyl (C=O) groups excluding carboxylic acids is 1. The van der Waals surface area contributed by atoms with E-state index in [1.165, 1.54) is 11.0 Å². The molecule has 0 aliphatic heterocycles. The number of tetrazole rings is 1. The Balaban J connectivity index is 2.09. The Morgan fingerprint density at radius 2 is 2.47 bits per heavy atom. The first-order valence-electron chi connectivity index (χ1n) is 4.84. The third kappa shape index (κ3) is 5.06. The molecule has 1 aromatic heterocycles. The minimum atomic E-state index is -0.318. The number of aromatic nitrogens is 4. The van der Waals surface area contributed by atoms with Gasteiger partial charge < -0.3 is 10.4 Å². The van der Waals surface area contributed by atoms with E-state index in [-0.39, 0.29) is 18.6 Å². The standard InChI is InChI=1S/C8H15N5O2/c1-7(14)3-2-4-9-8(15)5-13-6-10-11-12-13/h6-7,14H,2-5H2,1H3,(H,9,15). The second-order valence-corrected chi connectivity index (χ2v) is 3.35. The van der Waals surface area contributed by atoms with Crippen molar-refractivity contribution in [3.63, 3.8) is 0 Å². The fraction of sp³-hybridized carbons (Fsp3) is 0.750. The van der Waals surface area contributed by atoms with Gasteiger partial charge in [-0.05, 0) is 30.2 Å². The van der Waals surface area contributed by atoms with Gasteiger partial charge in [-0.2, -0.15) is 0 Å². The van der Waals surface area contributed by atoms with Crippen LogP contribution >= 0.6 is 0 Å². The molecule has 1 amide bonds. The lowest BCUT2D eigenvalue weighted by molar-refractivity contribution is -0.121. The predicted molar refractivity (Wildman–Crippen MR) is 51.7 cm³/mol. The summed E-state index contributed by atoms with van der Waals surface area (Å²) in [5, 5.41) is 22.1. The second kappa shape index (κ2) is 6.07. The summed E-state index contributed by atoms with van der Waals surface area (Å²) in [6.07, 6.45) is 2.51. The highest BCUT2D eigenvalue weighted by atomic mass is 16.3. The lowest BCUT2D eigenvalue weighted by atomic mass is 10.2. The summed E-state index contributed by atoms with van der Waals surface area (Å²) in [7, 11) is 0. The normalized spacial score (nSPS) is 12.4. The Bertz CT molecular complexity index is 285. The van der Waals surface area contributed by atoms with Gasteiger partial charge in [0.05, 0.1) is 6.10 Å². The number of amides is 1. The summed E-state index contributed by atoms with van der Waals surface area (Å²) in [5.41, 5.74) is 0. The fourth-order valence-electron chi connectivity index (χ4n) is 1.08. The van der Waals surface area contributed by atoms with E-state index in [1.54, 1.807) is 6.92 Å². The lowest BCUT2D eigenvalue weighted by Crippen LogP contribution is -2.29. The zero-order chi connectivity index (χ0) is 11.1. The summed E-state index contributed by atoms with van der Waals surface area (Å²) >= 11 is 0. The monoisotopic (exact) mass is 213 g/mol. The minimum absolute atomic E-state index is 0.127. The van der Waals surface area contributed by atoms with Gasteiger partial charge in [0, 0.05) is 6.54 Å². The number of aliphatic hydroxyl groups is 1. The van der Waals surface area contributed by atoms with Crippen LogP contribution in [0.15, 0.2) is 6.33 Å². The minimum Gasteiger partial charge on any atom is -0.393 e. The maximum absolute atomic E-state index is 11.3. The molecule has 0 bridgehead atoms. The fourth-order valence-corrected chi connectivity index (χ4v) is 1.08. The van der Waals surface area contributed by atoms with Crippen molar-refractivity contribution in [2.24, 2.45) is 0 Å². The molecule has 0 spiro atoms. The van der Waals surface area contributed by atoms with E-state index in [9.17, 15) is 4.79 Å². The van der Waals surface area contributed by atoms with Gasteiger partial charge >= 0.3 is 0 Å². The zero-order valence-electron chi connectivity index (χ0n) is 8.63. The molecule has 15 heavy (non-hydrogen) atoms. The third-order valence-corrected chi connectivity index (χ3v) is 1.82. The molecular weight excluding hydrogens is 198 g/mol. The first-order chi connectivity index (χ1) is 7.18. The molecule has 7 heteroatoms. The van der Waals surface area contributed by atoms with Crippen LogP contribution in [0.5, 0.6) is 0 Å². The van der Waals surface area contributed by atoms with Gasteiger partial charge in [0.2, 0.25) is 5.91 Å². The maximum Gasteiger partial charge on any atom is 0.241 e. The average Bonchev–Trinajstić information content (AvgIpc) is 2.64. The predicted octanol–water partition coefficient (Wildman–Crippen LogP) is -1.05. The summed E-state index contributed by atoms with van der Waals surface area (Å²) in [5.74, 6) is -0.132. The molecule has 1 aromatic rings. The van der Waals surface area contributed by atoms with Gasteiger partial charge in [0.25, 0.3) is 0 Å². The van der Waals surface area contributed by atoms with E-state index in [2.05, 4.69) is 20.8 Å². The van der Waals surface area contributed by atoms with Crippen molar-refractivity contribution in [3.05, 3.63) is 6.33 Å². The number of hydrogen-bond acceptors (Lipinski definition) is 5. The largest absolute Gasteiger partial charge is 0.393 e. The molecule has 1 heterocycles. The highest BCUT2D eigenvalue weighted by Gasteiger charge is 2.03. The van der Waals surface area contributed by atoms with E-state index in [0.717, 1.165) is 6.42 Å². The van der Waals surface area contributed by atoms with Crippen molar-refractivity contribution < 1.29 is 9.90 Å². The van der Waals surface area contributed by atoms with E-state index in [0.29, 0.717) is 13.0 Å². The van der Waals surface area contributed by atoms with Crippen LogP contribution in [0.1, 0.15) is 19.8 Å². The summed E-state index contributed by atoms with van der Waals surface area (Å²) in [6, 6.07) is 0. The molecule has 0 radical (unpaired) electrons. The third-order valence-electron chi connectivity index (χ3n) is 1.82. The summed E-state index contributed by atoms with van der Waals surface area (Å²) in [4.78, 5) is 11.3. The van der Waals surface area contributed by atoms with E-state index in [1.807, 2.05) is 0 Å². The van der Waals surface area contributed by atoms with Gasteiger partial charge in [0.15, 0.2) is 0 Å². The SMILES string of the molecule is CC(O)CCCNC(=O)Cn1cnnn1. The van der Waals surface area contributed by atoms with Gasteiger partial charge in [-0.15, -0.1) is 5.10 Å². The number of aliphatic hydroxyl groups excluding tert-OH is 1. The summed E-state index contributed by atoms with van der Waals surface area (Å²) < 4.78 is 1.35. The van der Waals surface area contributed by atoms with E-state index in [4.69, 9.17) is 5.11 Å². The zero-order valence-corrected chi connectivity index (χ0v) is 8.63. The van der Waals surface area contributed by atoms with Crippen LogP contribution in [0.4, 0.5) is 0 Å². The molecule has 1 rings (SSSR count). The van der Waals surface area contributed by atoms with Crippen LogP contribution in [0, 0.1) is 0 Å². The van der Waals surface area contributed by atoms with Crippen molar-refractivity contribution >= 4 is 5.91 Å². The Kier molecular flexibility index (Phi) is 4.69. The smallest absolute Gasteiger partial charge is 0.241 e. The molecule has 0 saturated heterocycles. The second-order valence-electron chi connectivity index (χ2n) is 3.35. The molecule has 0 fully saturated rings. The molecule has 0 aliphatic rings. The first-order valence-corrected chi connectivity index (χ1v) is 4.84. The first kappa shape index (κ1) is 11.6. The molecule has 2 N–H and O–H groups in total. The lowest BCUT2D eigenvalue weighted by Gasteiger charge is -2.05. The molecule has 84 valence electrons. The van der Waals surface area contributed by atoms with Crippen LogP contribution in [0.25, 0.3) is 0 Å². The molecule has 0 aromatic carbocycles. The topological polar surface area (TPSA) is 92.9 Å². The van der Waals surface area contributed by atoms with E-state index < -0.39 is 0 Å². The number of hydrogen-bond donors (Lipinski definition) is 2. The highest BCUT2D eigenvalue weighted by molar-refractivity contribution is 5.75. The quantitative estimate of drug-likeness (QED) is 0.588. The number of nitrogens with zero attached hydrogens (tertiary/aromatic N) is 4. The highest BCUT2D eigenvalue weighted by Crippen LogP contribution is 1.93.